The van der Waals surface area contributed by atoms with Gasteiger partial charge in [0.2, 0.25) is 0 Å². The first-order valence-electron chi connectivity index (χ1n) is 2.04. The first-order valence-corrected chi connectivity index (χ1v) is 2.04. The molecule has 0 aromatic heterocycles. The van der Waals surface area contributed by atoms with Crippen molar-refractivity contribution in [1.29, 1.82) is 5.26 Å². The summed E-state index contributed by atoms with van der Waals surface area (Å²) >= 11 is 0. The third kappa shape index (κ3) is 0.793. The van der Waals surface area contributed by atoms with Crippen molar-refractivity contribution in [3.05, 3.63) is 24.2 Å². The first-order chi connectivity index (χ1) is 3.93. The maximum atomic E-state index is 8.13. The van der Waals surface area contributed by atoms with Gasteiger partial charge in [-0.3, -0.25) is 9.78 Å². The van der Waals surface area contributed by atoms with E-state index in [4.69, 9.17) is 5.26 Å². The van der Waals surface area contributed by atoms with E-state index in [0.29, 0.717) is 0 Å². The molecule has 1 heterocycles. The van der Waals surface area contributed by atoms with Gasteiger partial charge in [-0.15, -0.1) is 0 Å². The molecule has 1 aliphatic rings. The minimum atomic E-state index is 0.174. The number of hydrogen-bond donors (Lipinski definition) is 0. The maximum absolute atomic E-state index is 8.13. The van der Waals surface area contributed by atoms with Crippen LogP contribution < -0.4 is 0 Å². The fourth-order valence-electron chi connectivity index (χ4n) is 0.322. The van der Waals surface area contributed by atoms with Crippen molar-refractivity contribution in [2.24, 2.45) is 0 Å². The smallest absolute Gasteiger partial charge is 0.255 e. The minimum absolute atomic E-state index is 0.174. The molecule has 0 fully saturated rings. The summed E-state index contributed by atoms with van der Waals surface area (Å²) in [5.74, 6) is 0.174. The van der Waals surface area contributed by atoms with Gasteiger partial charge in [0, 0.05) is 0 Å². The van der Waals surface area contributed by atoms with Gasteiger partial charge in [0.25, 0.3) is 5.76 Å². The summed E-state index contributed by atoms with van der Waals surface area (Å²) in [5.41, 5.74) is 0. The summed E-state index contributed by atoms with van der Waals surface area (Å²) in [4.78, 5) is 8.64. The largest absolute Gasteiger partial charge is 0.297 e. The van der Waals surface area contributed by atoms with E-state index in [2.05, 4.69) is 9.78 Å². The molecule has 0 aliphatic carbocycles. The third-order valence-corrected chi connectivity index (χ3v) is 0.630. The van der Waals surface area contributed by atoms with E-state index >= 15 is 0 Å². The Morgan fingerprint density at radius 3 is 2.88 bits per heavy atom. The van der Waals surface area contributed by atoms with Gasteiger partial charge in [-0.1, -0.05) is 0 Å². The Labute approximate surface area is 46.4 Å². The maximum Gasteiger partial charge on any atom is 0.255 e. The van der Waals surface area contributed by atoms with E-state index in [1.54, 1.807) is 12.1 Å². The van der Waals surface area contributed by atoms with E-state index in [1.807, 2.05) is 0 Å². The van der Waals surface area contributed by atoms with Crippen LogP contribution in [0.2, 0.25) is 0 Å². The number of nitriles is 1. The number of rotatable bonds is 0. The van der Waals surface area contributed by atoms with Crippen molar-refractivity contribution in [1.82, 2.24) is 0 Å². The molecule has 8 heavy (non-hydrogen) atoms. The second-order valence-corrected chi connectivity index (χ2v) is 1.15. The highest BCUT2D eigenvalue weighted by Gasteiger charge is 1.96. The summed E-state index contributed by atoms with van der Waals surface area (Å²) in [5, 5.41) is 8.13. The Bertz CT molecular complexity index is 175. The lowest BCUT2D eigenvalue weighted by Gasteiger charge is -2.00. The van der Waals surface area contributed by atoms with Crippen LogP contribution >= 0.6 is 0 Å². The van der Waals surface area contributed by atoms with Crippen LogP contribution in [-0.4, -0.2) is 0 Å². The van der Waals surface area contributed by atoms with E-state index < -0.39 is 0 Å². The summed E-state index contributed by atoms with van der Waals surface area (Å²) in [6.45, 7) is 0. The number of hydrogen-bond acceptors (Lipinski definition) is 3. The van der Waals surface area contributed by atoms with E-state index in [0.717, 1.165) is 0 Å². The van der Waals surface area contributed by atoms with Gasteiger partial charge in [0.1, 0.15) is 12.3 Å². The van der Waals surface area contributed by atoms with Crippen molar-refractivity contribution in [3.8, 4) is 6.07 Å². The van der Waals surface area contributed by atoms with E-state index in [1.165, 1.54) is 12.3 Å². The second kappa shape index (κ2) is 2.03. The van der Waals surface area contributed by atoms with Gasteiger partial charge in [-0.25, -0.2) is 0 Å². The van der Waals surface area contributed by atoms with Gasteiger partial charge in [-0.2, -0.15) is 5.26 Å². The molecule has 0 spiro atoms. The van der Waals surface area contributed by atoms with Gasteiger partial charge < -0.3 is 0 Å². The average molecular weight is 109 g/mol. The van der Waals surface area contributed by atoms with Gasteiger partial charge >= 0.3 is 0 Å². The summed E-state index contributed by atoms with van der Waals surface area (Å²) in [7, 11) is 0. The zero-order valence-corrected chi connectivity index (χ0v) is 4.00. The molecule has 0 bridgehead atoms. The van der Waals surface area contributed by atoms with Crippen LogP contribution in [0.4, 0.5) is 0 Å². The highest BCUT2D eigenvalue weighted by atomic mass is 17.2. The molecule has 0 N–H and O–H groups in total. The Balaban J connectivity index is 2.67. The van der Waals surface area contributed by atoms with Gasteiger partial charge in [0.15, 0.2) is 0 Å². The van der Waals surface area contributed by atoms with Crippen LogP contribution in [0, 0.1) is 11.3 Å². The quantitative estimate of drug-likeness (QED) is 0.433. The number of allylic oxidation sites excluding steroid dienone is 3. The van der Waals surface area contributed by atoms with Crippen molar-refractivity contribution < 1.29 is 9.78 Å². The van der Waals surface area contributed by atoms with Gasteiger partial charge in [0.05, 0.1) is 0 Å². The minimum Gasteiger partial charge on any atom is -0.297 e. The molecule has 3 heteroatoms. The van der Waals surface area contributed by atoms with Gasteiger partial charge in [-0.05, 0) is 12.2 Å². The fraction of sp³-hybridized carbons (Fsp3) is 0. The molecule has 0 saturated heterocycles. The Morgan fingerprint density at radius 1 is 1.62 bits per heavy atom. The molecule has 0 radical (unpaired) electrons. The van der Waals surface area contributed by atoms with Crippen LogP contribution in [0.5, 0.6) is 0 Å². The molecular weight excluding hydrogens is 106 g/mol. The van der Waals surface area contributed by atoms with Crippen LogP contribution in [-0.2, 0) is 9.78 Å². The predicted octanol–water partition coefficient (Wildman–Crippen LogP) is 0.869. The Morgan fingerprint density at radius 2 is 2.50 bits per heavy atom. The lowest BCUT2D eigenvalue weighted by Crippen LogP contribution is -1.89. The van der Waals surface area contributed by atoms with Crippen LogP contribution in [0.25, 0.3) is 0 Å². The van der Waals surface area contributed by atoms with Crippen molar-refractivity contribution in [2.75, 3.05) is 0 Å². The summed E-state index contributed by atoms with van der Waals surface area (Å²) in [6, 6.07) is 1.77. The standard InChI is InChI=1S/C5H3NO2/c6-4-5-2-1-3-7-8-5/h1-3H. The normalized spacial score (nSPS) is 15.1. The molecule has 0 aromatic rings. The molecule has 0 aromatic carbocycles. The molecule has 40 valence electrons. The lowest BCUT2D eigenvalue weighted by atomic mass is 10.4. The average Bonchev–Trinajstić information content (AvgIpc) is 1.90. The first kappa shape index (κ1) is 4.72. The molecule has 1 aliphatic heterocycles. The van der Waals surface area contributed by atoms with Crippen molar-refractivity contribution >= 4 is 0 Å². The predicted molar refractivity (Wildman–Crippen MR) is 25.0 cm³/mol. The highest BCUT2D eigenvalue weighted by Crippen LogP contribution is 2.01. The van der Waals surface area contributed by atoms with E-state index in [-0.39, 0.29) is 5.76 Å². The van der Waals surface area contributed by atoms with Crippen LogP contribution in [0.1, 0.15) is 0 Å². The number of nitrogens with zero attached hydrogens (tertiary/aromatic N) is 1. The molecule has 0 amide bonds. The van der Waals surface area contributed by atoms with E-state index in [9.17, 15) is 0 Å². The van der Waals surface area contributed by atoms with Crippen molar-refractivity contribution in [2.45, 2.75) is 0 Å². The Hall–Kier alpha value is -1.43. The molecule has 0 unspecified atom stereocenters. The molecular formula is C5H3NO2. The topological polar surface area (TPSA) is 42.2 Å². The third-order valence-electron chi connectivity index (χ3n) is 0.630. The highest BCUT2D eigenvalue weighted by molar-refractivity contribution is 5.19. The van der Waals surface area contributed by atoms with Crippen LogP contribution in [0.3, 0.4) is 0 Å². The zero-order chi connectivity index (χ0) is 5.82. The summed E-state index contributed by atoms with van der Waals surface area (Å²) < 4.78 is 0. The Kier molecular flexibility index (Phi) is 1.20. The zero-order valence-electron chi connectivity index (χ0n) is 4.00. The molecule has 1 rings (SSSR count). The summed E-state index contributed by atoms with van der Waals surface area (Å²) in [6.07, 6.45) is 4.45. The second-order valence-electron chi connectivity index (χ2n) is 1.15. The fourth-order valence-corrected chi connectivity index (χ4v) is 0.322. The van der Waals surface area contributed by atoms with Crippen LogP contribution in [0.15, 0.2) is 24.2 Å². The lowest BCUT2D eigenvalue weighted by molar-refractivity contribution is -0.208. The molecule has 0 atom stereocenters. The van der Waals surface area contributed by atoms with Crippen molar-refractivity contribution in [3.63, 3.8) is 0 Å². The SMILES string of the molecule is N#CC1=CC=COO1. The molecule has 0 saturated carbocycles. The monoisotopic (exact) mass is 109 g/mol. The molecule has 3 nitrogen and oxygen atoms in total.